The maximum Gasteiger partial charge on any atom is 0.0892 e. The number of rotatable bonds is 5. The smallest absolute Gasteiger partial charge is 0.0892 e. The molecule has 0 saturated carbocycles. The average molecular weight is 338 g/mol. The van der Waals surface area contributed by atoms with Crippen LogP contribution in [-0.2, 0) is 17.9 Å². The van der Waals surface area contributed by atoms with E-state index >= 15 is 0 Å². The van der Waals surface area contributed by atoms with Crippen LogP contribution in [-0.4, -0.2) is 58.1 Å². The molecule has 0 aliphatic carbocycles. The Balaban J connectivity index is 1.28. The average Bonchev–Trinajstić information content (AvgIpc) is 3.03. The van der Waals surface area contributed by atoms with Crippen LogP contribution in [0.1, 0.15) is 23.5 Å². The molecule has 0 bridgehead atoms. The molecule has 2 fully saturated rings. The van der Waals surface area contributed by atoms with Crippen molar-refractivity contribution >= 4 is 0 Å². The van der Waals surface area contributed by atoms with Crippen LogP contribution < -0.4 is 0 Å². The monoisotopic (exact) mass is 338 g/mol. The summed E-state index contributed by atoms with van der Waals surface area (Å²) in [6.45, 7) is 7.98. The second-order valence-corrected chi connectivity index (χ2v) is 7.14. The van der Waals surface area contributed by atoms with E-state index in [2.05, 4.69) is 38.0 Å². The molecule has 132 valence electrons. The lowest BCUT2D eigenvalue weighted by atomic mass is 10.1. The van der Waals surface area contributed by atoms with Crippen molar-refractivity contribution in [1.29, 1.82) is 0 Å². The number of aryl methyl sites for hydroxylation is 1. The molecule has 2 saturated heterocycles. The van der Waals surface area contributed by atoms with Crippen molar-refractivity contribution in [3.05, 3.63) is 59.7 Å². The van der Waals surface area contributed by atoms with Crippen molar-refractivity contribution in [3.63, 3.8) is 0 Å². The maximum atomic E-state index is 6.15. The normalized spacial score (nSPS) is 24.4. The highest BCUT2D eigenvalue weighted by Crippen LogP contribution is 2.25. The van der Waals surface area contributed by atoms with Crippen molar-refractivity contribution in [2.75, 3.05) is 26.2 Å². The SMILES string of the molecule is Cc1cccc(CO[C@@H]2C[C@@H]3CN(Cc4ccccn4)CCN3C2)n1. The Morgan fingerprint density at radius 1 is 1.08 bits per heavy atom. The van der Waals surface area contributed by atoms with Crippen LogP contribution in [0, 0.1) is 6.92 Å². The lowest BCUT2D eigenvalue weighted by Gasteiger charge is -2.37. The van der Waals surface area contributed by atoms with Crippen molar-refractivity contribution in [2.24, 2.45) is 0 Å². The highest BCUT2D eigenvalue weighted by atomic mass is 16.5. The minimum Gasteiger partial charge on any atom is -0.371 e. The third kappa shape index (κ3) is 4.24. The first kappa shape index (κ1) is 16.6. The molecule has 2 aromatic heterocycles. The van der Waals surface area contributed by atoms with Crippen LogP contribution in [0.15, 0.2) is 42.6 Å². The summed E-state index contributed by atoms with van der Waals surface area (Å²) < 4.78 is 6.15. The molecule has 0 unspecified atom stereocenters. The van der Waals surface area contributed by atoms with E-state index in [4.69, 9.17) is 4.74 Å². The Kier molecular flexibility index (Phi) is 5.06. The summed E-state index contributed by atoms with van der Waals surface area (Å²) >= 11 is 0. The van der Waals surface area contributed by atoms with Crippen molar-refractivity contribution < 1.29 is 4.74 Å². The number of hydrogen-bond donors (Lipinski definition) is 0. The predicted octanol–water partition coefficient (Wildman–Crippen LogP) is 2.26. The van der Waals surface area contributed by atoms with Gasteiger partial charge in [-0.25, -0.2) is 0 Å². The summed E-state index contributed by atoms with van der Waals surface area (Å²) in [5.74, 6) is 0. The minimum atomic E-state index is 0.321. The van der Waals surface area contributed by atoms with Gasteiger partial charge in [0.05, 0.1) is 24.1 Å². The van der Waals surface area contributed by atoms with E-state index in [9.17, 15) is 0 Å². The van der Waals surface area contributed by atoms with E-state index in [1.807, 2.05) is 31.3 Å². The second-order valence-electron chi connectivity index (χ2n) is 7.14. The molecule has 2 aromatic rings. The minimum absolute atomic E-state index is 0.321. The Morgan fingerprint density at radius 2 is 2.00 bits per heavy atom. The molecule has 4 rings (SSSR count). The molecule has 25 heavy (non-hydrogen) atoms. The fourth-order valence-corrected chi connectivity index (χ4v) is 3.93. The molecule has 0 spiro atoms. The zero-order chi connectivity index (χ0) is 17.1. The van der Waals surface area contributed by atoms with Crippen molar-refractivity contribution in [1.82, 2.24) is 19.8 Å². The first-order valence-corrected chi connectivity index (χ1v) is 9.17. The molecule has 0 amide bonds. The summed E-state index contributed by atoms with van der Waals surface area (Å²) in [4.78, 5) is 14.1. The summed E-state index contributed by atoms with van der Waals surface area (Å²) in [6.07, 6.45) is 3.32. The fraction of sp³-hybridized carbons (Fsp3) is 0.500. The van der Waals surface area contributed by atoms with Crippen LogP contribution in [0.5, 0.6) is 0 Å². The van der Waals surface area contributed by atoms with Gasteiger partial charge in [-0.3, -0.25) is 19.8 Å². The van der Waals surface area contributed by atoms with E-state index in [0.717, 1.165) is 56.2 Å². The topological polar surface area (TPSA) is 41.5 Å². The zero-order valence-corrected chi connectivity index (χ0v) is 14.8. The van der Waals surface area contributed by atoms with E-state index in [0.29, 0.717) is 18.8 Å². The van der Waals surface area contributed by atoms with Gasteiger partial charge in [0.25, 0.3) is 0 Å². The van der Waals surface area contributed by atoms with Gasteiger partial charge in [0.2, 0.25) is 0 Å². The Labute approximate surface area is 149 Å². The number of ether oxygens (including phenoxy) is 1. The molecule has 0 aromatic carbocycles. The molecule has 5 nitrogen and oxygen atoms in total. The second kappa shape index (κ2) is 7.60. The Bertz CT molecular complexity index is 693. The van der Waals surface area contributed by atoms with Gasteiger partial charge < -0.3 is 4.74 Å². The maximum absolute atomic E-state index is 6.15. The third-order valence-corrected chi connectivity index (χ3v) is 5.19. The van der Waals surface area contributed by atoms with Gasteiger partial charge in [0.15, 0.2) is 0 Å². The molecule has 5 heteroatoms. The van der Waals surface area contributed by atoms with Crippen LogP contribution in [0.2, 0.25) is 0 Å². The number of aromatic nitrogens is 2. The van der Waals surface area contributed by atoms with E-state index in [1.54, 1.807) is 0 Å². The standard InChI is InChI=1S/C20H26N4O/c1-16-5-4-7-18(22-16)15-25-20-11-19-13-23(9-10-24(19)14-20)12-17-6-2-3-8-21-17/h2-8,19-20H,9-15H2,1H3/t19-,20-/m1/s1. The van der Waals surface area contributed by atoms with E-state index < -0.39 is 0 Å². The predicted molar refractivity (Wildman–Crippen MR) is 97.0 cm³/mol. The first-order valence-electron chi connectivity index (χ1n) is 9.17. The van der Waals surface area contributed by atoms with Gasteiger partial charge in [-0.2, -0.15) is 0 Å². The fourth-order valence-electron chi connectivity index (χ4n) is 3.93. The van der Waals surface area contributed by atoms with Crippen molar-refractivity contribution in [2.45, 2.75) is 38.6 Å². The molecular formula is C20H26N4O. The Hall–Kier alpha value is -1.82. The molecular weight excluding hydrogens is 312 g/mol. The molecule has 2 atom stereocenters. The van der Waals surface area contributed by atoms with Gasteiger partial charge >= 0.3 is 0 Å². The van der Waals surface area contributed by atoms with Gasteiger partial charge in [0.1, 0.15) is 0 Å². The zero-order valence-electron chi connectivity index (χ0n) is 14.8. The van der Waals surface area contributed by atoms with Crippen LogP contribution >= 0.6 is 0 Å². The van der Waals surface area contributed by atoms with Gasteiger partial charge in [-0.1, -0.05) is 12.1 Å². The molecule has 2 aliphatic heterocycles. The summed E-state index contributed by atoms with van der Waals surface area (Å²) in [5.41, 5.74) is 3.24. The van der Waals surface area contributed by atoms with Gasteiger partial charge in [0, 0.05) is 50.7 Å². The van der Waals surface area contributed by atoms with E-state index in [1.165, 1.54) is 0 Å². The lowest BCUT2D eigenvalue weighted by molar-refractivity contribution is 0.0439. The molecule has 4 heterocycles. The lowest BCUT2D eigenvalue weighted by Crippen LogP contribution is -2.49. The Morgan fingerprint density at radius 3 is 2.84 bits per heavy atom. The number of hydrogen-bond acceptors (Lipinski definition) is 5. The number of fused-ring (bicyclic) bond motifs is 1. The number of piperazine rings is 1. The highest BCUT2D eigenvalue weighted by molar-refractivity contribution is 5.09. The first-order chi connectivity index (χ1) is 12.3. The highest BCUT2D eigenvalue weighted by Gasteiger charge is 2.36. The quantitative estimate of drug-likeness (QED) is 0.836. The molecule has 2 aliphatic rings. The van der Waals surface area contributed by atoms with Crippen LogP contribution in [0.25, 0.3) is 0 Å². The van der Waals surface area contributed by atoms with Crippen molar-refractivity contribution in [3.8, 4) is 0 Å². The van der Waals surface area contributed by atoms with Crippen LogP contribution in [0.4, 0.5) is 0 Å². The summed E-state index contributed by atoms with van der Waals surface area (Å²) in [6, 6.07) is 12.9. The third-order valence-electron chi connectivity index (χ3n) is 5.19. The largest absolute Gasteiger partial charge is 0.371 e. The number of nitrogens with zero attached hydrogens (tertiary/aromatic N) is 4. The van der Waals surface area contributed by atoms with Gasteiger partial charge in [-0.15, -0.1) is 0 Å². The summed E-state index contributed by atoms with van der Waals surface area (Å²) in [7, 11) is 0. The van der Waals surface area contributed by atoms with Crippen LogP contribution in [0.3, 0.4) is 0 Å². The number of pyridine rings is 2. The summed E-state index contributed by atoms with van der Waals surface area (Å²) in [5, 5.41) is 0. The van der Waals surface area contributed by atoms with Gasteiger partial charge in [-0.05, 0) is 37.6 Å². The molecule has 0 radical (unpaired) electrons. The van der Waals surface area contributed by atoms with E-state index in [-0.39, 0.29) is 0 Å². The molecule has 0 N–H and O–H groups in total.